The first-order valence-electron chi connectivity index (χ1n) is 16.8. The molecule has 2 amide bonds. The van der Waals surface area contributed by atoms with Crippen LogP contribution in [0.4, 0.5) is 5.69 Å². The average molecular weight is 708 g/mol. The zero-order valence-corrected chi connectivity index (χ0v) is 29.5. The molecule has 1 saturated carbocycles. The largest absolute Gasteiger partial charge is 0.490 e. The van der Waals surface area contributed by atoms with Crippen molar-refractivity contribution in [3.8, 4) is 5.75 Å². The van der Waals surface area contributed by atoms with Gasteiger partial charge in [-0.15, -0.1) is 4.36 Å². The van der Waals surface area contributed by atoms with Gasteiger partial charge in [-0.1, -0.05) is 29.8 Å². The minimum atomic E-state index is -3.89. The summed E-state index contributed by atoms with van der Waals surface area (Å²) >= 11 is 6.44. The highest BCUT2D eigenvalue weighted by atomic mass is 35.5. The second kappa shape index (κ2) is 12.9. The van der Waals surface area contributed by atoms with Gasteiger partial charge in [0.05, 0.1) is 41.7 Å². The number of aromatic nitrogens is 2. The van der Waals surface area contributed by atoms with Crippen LogP contribution in [0.5, 0.6) is 5.75 Å². The number of benzene rings is 2. The Labute approximate surface area is 291 Å². The maximum atomic E-state index is 15.0. The number of aliphatic hydroxyl groups is 1. The van der Waals surface area contributed by atoms with Crippen molar-refractivity contribution in [1.82, 2.24) is 14.5 Å². The third kappa shape index (κ3) is 6.51. The summed E-state index contributed by atoms with van der Waals surface area (Å²) in [4.78, 5) is 29.6. The molecule has 0 saturated heterocycles. The molecular formula is C36H42ClN5O6S. The summed E-state index contributed by atoms with van der Waals surface area (Å²) in [7, 11) is -2.22. The Morgan fingerprint density at radius 3 is 2.78 bits per heavy atom. The summed E-state index contributed by atoms with van der Waals surface area (Å²) in [5.74, 6) is -0.652. The Morgan fingerprint density at radius 1 is 1.18 bits per heavy atom. The fraction of sp³-hybridized carbons (Fsp3) is 0.472. The van der Waals surface area contributed by atoms with Crippen molar-refractivity contribution in [1.29, 1.82) is 0 Å². The molecule has 4 aliphatic rings. The lowest BCUT2D eigenvalue weighted by Crippen LogP contribution is -2.49. The predicted octanol–water partition coefficient (Wildman–Crippen LogP) is 5.00. The highest BCUT2D eigenvalue weighted by Crippen LogP contribution is 2.47. The first-order chi connectivity index (χ1) is 23.4. The standard InChI is InChI=1S/C36H42ClN5O6S/c1-35(2)34(45)40-49(46,39-33(44)25-18-38-41(3)19-25)27-10-13-32-30(17-27)42(20-24-8-11-28(24)31(43)7-5-15-48-35)21-36(22-47-32)14-4-6-23-16-26(37)9-12-29(23)36/h5,7,9-10,12-13,16-19,24,28,31,43H,4,6,8,11,14-15,20-22H2,1-3H3,(H,39,40,44,45,46)/b7-5-/t24-,28+,31-,36-,49?/m0/s1. The van der Waals surface area contributed by atoms with Crippen LogP contribution in [0.1, 0.15) is 61.0 Å². The molecule has 260 valence electrons. The molecule has 2 N–H and O–H groups in total. The second-order valence-corrected chi connectivity index (χ2v) is 16.6. The number of fused-ring (bicyclic) bond motifs is 4. The van der Waals surface area contributed by atoms with E-state index >= 15 is 0 Å². The number of hydrogen-bond acceptors (Lipinski definition) is 8. The Hall–Kier alpha value is -3.71. The van der Waals surface area contributed by atoms with Crippen LogP contribution in [-0.2, 0) is 38.3 Å². The van der Waals surface area contributed by atoms with Crippen molar-refractivity contribution in [2.75, 3.05) is 31.2 Å². The molecule has 1 fully saturated rings. The minimum absolute atomic E-state index is 0.0419. The van der Waals surface area contributed by atoms with E-state index in [0.29, 0.717) is 36.2 Å². The van der Waals surface area contributed by atoms with Crippen LogP contribution in [0.25, 0.3) is 0 Å². The van der Waals surface area contributed by atoms with Crippen LogP contribution in [0, 0.1) is 11.8 Å². The minimum Gasteiger partial charge on any atom is -0.490 e. The normalized spacial score (nSPS) is 30.1. The Balaban J connectivity index is 1.37. The van der Waals surface area contributed by atoms with Crippen LogP contribution < -0.4 is 14.4 Å². The molecule has 1 aromatic heterocycles. The topological polar surface area (TPSA) is 135 Å². The van der Waals surface area contributed by atoms with Crippen LogP contribution in [0.3, 0.4) is 0 Å². The number of anilines is 1. The van der Waals surface area contributed by atoms with E-state index in [0.717, 1.165) is 32.1 Å². The predicted molar refractivity (Wildman–Crippen MR) is 186 cm³/mol. The third-order valence-corrected chi connectivity index (χ3v) is 12.5. The van der Waals surface area contributed by atoms with Crippen molar-refractivity contribution in [2.24, 2.45) is 23.2 Å². The molecule has 2 aromatic carbocycles. The average Bonchev–Trinajstić information content (AvgIpc) is 3.43. The maximum Gasteiger partial charge on any atom is 0.287 e. The van der Waals surface area contributed by atoms with Crippen LogP contribution >= 0.6 is 11.6 Å². The maximum absolute atomic E-state index is 15.0. The number of hydrogen-bond donors (Lipinski definition) is 2. The van der Waals surface area contributed by atoms with Gasteiger partial charge >= 0.3 is 0 Å². The molecule has 11 nitrogen and oxygen atoms in total. The van der Waals surface area contributed by atoms with Crippen molar-refractivity contribution >= 4 is 39.0 Å². The molecule has 2 aliphatic carbocycles. The zero-order valence-electron chi connectivity index (χ0n) is 27.9. The number of halogens is 1. The third-order valence-electron chi connectivity index (χ3n) is 10.5. The van der Waals surface area contributed by atoms with Gasteiger partial charge in [0.15, 0.2) is 9.92 Å². The van der Waals surface area contributed by atoms with E-state index < -0.39 is 33.4 Å². The van der Waals surface area contributed by atoms with Crippen molar-refractivity contribution in [2.45, 2.75) is 68.0 Å². The van der Waals surface area contributed by atoms with Gasteiger partial charge in [0.1, 0.15) is 11.4 Å². The molecular weight excluding hydrogens is 666 g/mol. The van der Waals surface area contributed by atoms with Gasteiger partial charge < -0.3 is 19.5 Å². The SMILES string of the molecule is Cn1cc(C(=O)NS2(=O)=NC(=O)C(C)(C)OC/C=C\[C@H](O)[C@@H]3CC[C@H]3CN3C[C@@]4(CCCc5cc(Cl)ccc54)COc4ccc2cc43)cn1. The Morgan fingerprint density at radius 2 is 2.02 bits per heavy atom. The zero-order chi connectivity index (χ0) is 34.6. The van der Waals surface area contributed by atoms with E-state index in [9.17, 15) is 18.9 Å². The van der Waals surface area contributed by atoms with Gasteiger partial charge in [-0.05, 0) is 99.2 Å². The number of ether oxygens (including phenoxy) is 2. The monoisotopic (exact) mass is 707 g/mol. The molecule has 0 radical (unpaired) electrons. The second-order valence-electron chi connectivity index (χ2n) is 14.2. The molecule has 2 bridgehead atoms. The van der Waals surface area contributed by atoms with Crippen LogP contribution in [0.2, 0.25) is 5.02 Å². The highest BCUT2D eigenvalue weighted by molar-refractivity contribution is 7.92. The Bertz CT molecular complexity index is 1950. The number of nitrogens with zero attached hydrogens (tertiary/aromatic N) is 4. The summed E-state index contributed by atoms with van der Waals surface area (Å²) in [6.45, 7) is 4.80. The van der Waals surface area contributed by atoms with Crippen molar-refractivity contribution in [3.63, 3.8) is 0 Å². The summed E-state index contributed by atoms with van der Waals surface area (Å²) in [5, 5.41) is 16.0. The lowest BCUT2D eigenvalue weighted by Gasteiger charge is -2.45. The summed E-state index contributed by atoms with van der Waals surface area (Å²) < 4.78 is 35.7. The smallest absolute Gasteiger partial charge is 0.287 e. The lowest BCUT2D eigenvalue weighted by atomic mass is 9.68. The molecule has 1 spiro atoms. The van der Waals surface area contributed by atoms with Gasteiger partial charge in [0.2, 0.25) is 0 Å². The van der Waals surface area contributed by atoms with E-state index in [1.54, 1.807) is 37.4 Å². The molecule has 5 atom stereocenters. The first-order valence-corrected chi connectivity index (χ1v) is 18.7. The van der Waals surface area contributed by atoms with Gasteiger partial charge in [-0.25, -0.2) is 4.21 Å². The summed E-state index contributed by atoms with van der Waals surface area (Å²) in [6, 6.07) is 11.2. The number of rotatable bonds is 2. The summed E-state index contributed by atoms with van der Waals surface area (Å²) in [5.41, 5.74) is 1.48. The summed E-state index contributed by atoms with van der Waals surface area (Å²) in [6.07, 6.45) is 10.3. The molecule has 1 unspecified atom stereocenters. The van der Waals surface area contributed by atoms with E-state index in [-0.39, 0.29) is 34.3 Å². The van der Waals surface area contributed by atoms with E-state index in [2.05, 4.69) is 31.2 Å². The fourth-order valence-corrected chi connectivity index (χ4v) is 9.37. The fourth-order valence-electron chi connectivity index (χ4n) is 7.56. The lowest BCUT2D eigenvalue weighted by molar-refractivity contribution is -0.137. The van der Waals surface area contributed by atoms with E-state index in [4.69, 9.17) is 21.1 Å². The number of carbonyl (C=O) groups is 2. The quantitative estimate of drug-likeness (QED) is 0.356. The van der Waals surface area contributed by atoms with Gasteiger partial charge in [-0.3, -0.25) is 19.0 Å². The van der Waals surface area contributed by atoms with Gasteiger partial charge in [-0.2, -0.15) is 5.10 Å². The van der Waals surface area contributed by atoms with Gasteiger partial charge in [0, 0.05) is 36.8 Å². The first kappa shape index (κ1) is 33.8. The number of carbonyl (C=O) groups excluding carboxylic acids is 2. The Kier molecular flexibility index (Phi) is 8.87. The van der Waals surface area contributed by atoms with Crippen LogP contribution in [0.15, 0.2) is 70.2 Å². The number of nitrogens with one attached hydrogen (secondary N) is 1. The molecule has 7 rings (SSSR count). The molecule has 2 aliphatic heterocycles. The molecule has 13 heteroatoms. The number of aliphatic hydroxyl groups excluding tert-OH is 1. The molecule has 3 aromatic rings. The van der Waals surface area contributed by atoms with Crippen molar-refractivity contribution < 1.29 is 28.4 Å². The highest BCUT2D eigenvalue weighted by Gasteiger charge is 2.44. The van der Waals surface area contributed by atoms with Crippen LogP contribution in [-0.4, -0.2) is 68.9 Å². The molecule has 3 heterocycles. The molecule has 49 heavy (non-hydrogen) atoms. The van der Waals surface area contributed by atoms with E-state index in [1.807, 2.05) is 6.07 Å². The number of amides is 2. The van der Waals surface area contributed by atoms with E-state index in [1.165, 1.54) is 42.0 Å². The van der Waals surface area contributed by atoms with Gasteiger partial charge in [0.25, 0.3) is 11.8 Å². The number of aryl methyl sites for hydroxylation is 2. The van der Waals surface area contributed by atoms with Crippen molar-refractivity contribution in [3.05, 3.63) is 82.7 Å².